The Kier molecular flexibility index (Phi) is 4.61. The minimum absolute atomic E-state index is 0.0349. The summed E-state index contributed by atoms with van der Waals surface area (Å²) in [5, 5.41) is 9.37. The third-order valence-electron chi connectivity index (χ3n) is 3.70. The number of hydrogen-bond donors (Lipinski definition) is 2. The Morgan fingerprint density at radius 3 is 2.82 bits per heavy atom. The molecule has 0 bridgehead atoms. The van der Waals surface area contributed by atoms with Crippen LogP contribution in [0.25, 0.3) is 0 Å². The lowest BCUT2D eigenvalue weighted by Gasteiger charge is -2.28. The average molecular weight is 314 g/mol. The van der Waals surface area contributed by atoms with E-state index in [0.717, 1.165) is 4.57 Å². The lowest BCUT2D eigenvalue weighted by Crippen LogP contribution is -2.49. The largest absolute Gasteiger partial charge is 0.394 e. The second kappa shape index (κ2) is 6.13. The second-order valence-corrected chi connectivity index (χ2v) is 5.13. The smallest absolute Gasteiger partial charge is 0.331 e. The number of ether oxygens (including phenoxy) is 1. The first-order valence-electron chi connectivity index (χ1n) is 6.68. The lowest BCUT2D eigenvalue weighted by atomic mass is 10.0. The molecule has 1 aliphatic rings. The molecule has 0 unspecified atom stereocenters. The zero-order valence-electron chi connectivity index (χ0n) is 12.5. The number of aromatic nitrogens is 2. The van der Waals surface area contributed by atoms with Crippen LogP contribution in [0.15, 0.2) is 15.8 Å². The highest BCUT2D eigenvalue weighted by Gasteiger charge is 2.53. The van der Waals surface area contributed by atoms with Gasteiger partial charge in [0, 0.05) is 18.2 Å². The van der Waals surface area contributed by atoms with Crippen LogP contribution >= 0.6 is 0 Å². The van der Waals surface area contributed by atoms with E-state index < -0.39 is 41.6 Å². The number of ketones is 1. The Labute approximate surface area is 125 Å². The maximum absolute atomic E-state index is 12.2. The van der Waals surface area contributed by atoms with E-state index in [9.17, 15) is 19.5 Å². The van der Waals surface area contributed by atoms with Gasteiger partial charge in [-0.2, -0.15) is 0 Å². The summed E-state index contributed by atoms with van der Waals surface area (Å²) in [6.07, 6.45) is -0.361. The van der Waals surface area contributed by atoms with Crippen molar-refractivity contribution >= 4 is 5.78 Å². The Balaban J connectivity index is 2.56. The highest BCUT2D eigenvalue weighted by molar-refractivity contribution is 5.83. The summed E-state index contributed by atoms with van der Waals surface area (Å²) in [6, 6.07) is 0. The molecule has 0 aromatic carbocycles. The molecule has 1 aromatic heterocycles. The number of carbonyl (C=O) groups excluding carboxylic acids is 1. The molecular formula is C13H18N2O7. The molecule has 0 saturated carbocycles. The number of aliphatic hydroxyl groups is 1. The molecule has 22 heavy (non-hydrogen) atoms. The normalized spacial score (nSPS) is 28.0. The minimum Gasteiger partial charge on any atom is -0.394 e. The van der Waals surface area contributed by atoms with E-state index in [1.165, 1.54) is 27.2 Å². The van der Waals surface area contributed by atoms with E-state index >= 15 is 0 Å². The van der Waals surface area contributed by atoms with Crippen molar-refractivity contribution in [3.8, 4) is 0 Å². The Morgan fingerprint density at radius 1 is 1.59 bits per heavy atom. The predicted octanol–water partition coefficient (Wildman–Crippen LogP) is -1.19. The Morgan fingerprint density at radius 2 is 2.27 bits per heavy atom. The highest BCUT2D eigenvalue weighted by atomic mass is 17.2. The van der Waals surface area contributed by atoms with Crippen LogP contribution in [0.4, 0.5) is 0 Å². The Hall–Kier alpha value is -1.81. The van der Waals surface area contributed by atoms with Gasteiger partial charge in [-0.1, -0.05) is 0 Å². The molecule has 2 heterocycles. The fourth-order valence-corrected chi connectivity index (χ4v) is 2.54. The van der Waals surface area contributed by atoms with Gasteiger partial charge in [-0.3, -0.25) is 19.1 Å². The third-order valence-corrected chi connectivity index (χ3v) is 3.70. The van der Waals surface area contributed by atoms with Gasteiger partial charge in [-0.25, -0.2) is 14.6 Å². The van der Waals surface area contributed by atoms with Crippen LogP contribution in [0.1, 0.15) is 18.9 Å². The first kappa shape index (κ1) is 16.6. The summed E-state index contributed by atoms with van der Waals surface area (Å²) in [7, 11) is 1.29. The second-order valence-electron chi connectivity index (χ2n) is 5.13. The highest BCUT2D eigenvalue weighted by Crippen LogP contribution is 2.36. The molecule has 9 heteroatoms. The summed E-state index contributed by atoms with van der Waals surface area (Å²) < 4.78 is 6.64. The maximum Gasteiger partial charge on any atom is 0.331 e. The van der Waals surface area contributed by atoms with Gasteiger partial charge in [0.05, 0.1) is 13.7 Å². The zero-order valence-corrected chi connectivity index (χ0v) is 12.5. The van der Waals surface area contributed by atoms with Crippen molar-refractivity contribution in [1.29, 1.82) is 0 Å². The quantitative estimate of drug-likeness (QED) is 0.518. The van der Waals surface area contributed by atoms with Gasteiger partial charge in [0.1, 0.15) is 12.2 Å². The maximum atomic E-state index is 12.2. The van der Waals surface area contributed by atoms with E-state index in [1.54, 1.807) is 0 Å². The van der Waals surface area contributed by atoms with Gasteiger partial charge in [-0.15, -0.1) is 0 Å². The van der Waals surface area contributed by atoms with Gasteiger partial charge >= 0.3 is 5.69 Å². The van der Waals surface area contributed by atoms with Gasteiger partial charge in [-0.05, 0) is 13.8 Å². The van der Waals surface area contributed by atoms with Crippen LogP contribution in [0.5, 0.6) is 0 Å². The summed E-state index contributed by atoms with van der Waals surface area (Å²) in [5.41, 5.74) is -2.73. The van der Waals surface area contributed by atoms with E-state index in [-0.39, 0.29) is 12.0 Å². The molecule has 1 aromatic rings. The monoisotopic (exact) mass is 314 g/mol. The molecule has 2 rings (SSSR count). The SMILES string of the molecule is COO[C@H]1C[C@](C(C)=O)(n2cc(C)c(=O)[nH]c2=O)O[C@@H]1CO. The van der Waals surface area contributed by atoms with Crippen LogP contribution in [0.2, 0.25) is 0 Å². The van der Waals surface area contributed by atoms with Crippen molar-refractivity contribution in [3.63, 3.8) is 0 Å². The average Bonchev–Trinajstić information content (AvgIpc) is 2.83. The van der Waals surface area contributed by atoms with E-state index in [2.05, 4.69) is 9.87 Å². The number of Topliss-reactive ketones (excluding diaryl/α,β-unsaturated/α-hetero) is 1. The van der Waals surface area contributed by atoms with Gasteiger partial charge < -0.3 is 9.84 Å². The van der Waals surface area contributed by atoms with Crippen LogP contribution in [0.3, 0.4) is 0 Å². The third kappa shape index (κ3) is 2.63. The Bertz CT molecular complexity index is 680. The van der Waals surface area contributed by atoms with Crippen LogP contribution in [-0.2, 0) is 25.0 Å². The van der Waals surface area contributed by atoms with E-state index in [0.29, 0.717) is 0 Å². The van der Waals surface area contributed by atoms with Crippen LogP contribution < -0.4 is 11.2 Å². The molecule has 0 radical (unpaired) electrons. The van der Waals surface area contributed by atoms with Crippen LogP contribution in [0, 0.1) is 6.92 Å². The number of carbonyl (C=O) groups is 1. The van der Waals surface area contributed by atoms with E-state index in [1.807, 2.05) is 0 Å². The number of aryl methyl sites for hydroxylation is 1. The molecule has 0 amide bonds. The van der Waals surface area contributed by atoms with Crippen molar-refractivity contribution in [1.82, 2.24) is 9.55 Å². The summed E-state index contributed by atoms with van der Waals surface area (Å²) in [6.45, 7) is 2.35. The summed E-state index contributed by atoms with van der Waals surface area (Å²) in [5.74, 6) is -0.457. The standard InChI is InChI=1S/C13H18N2O7/c1-7-5-15(12(19)14-11(7)18)13(8(2)17)4-9(22-20-3)10(6-16)21-13/h5,9-10,16H,4,6H2,1-3H3,(H,14,18,19)/t9-,10+,13-/m0/s1. The number of rotatable bonds is 5. The van der Waals surface area contributed by atoms with Crippen molar-refractivity contribution in [2.45, 2.75) is 38.2 Å². The predicted molar refractivity (Wildman–Crippen MR) is 73.2 cm³/mol. The van der Waals surface area contributed by atoms with E-state index in [4.69, 9.17) is 9.62 Å². The molecule has 3 atom stereocenters. The minimum atomic E-state index is -1.66. The molecule has 0 aliphatic carbocycles. The van der Waals surface area contributed by atoms with Gasteiger partial charge in [0.2, 0.25) is 5.72 Å². The van der Waals surface area contributed by atoms with Crippen molar-refractivity contribution in [2.75, 3.05) is 13.7 Å². The molecule has 122 valence electrons. The molecular weight excluding hydrogens is 296 g/mol. The topological polar surface area (TPSA) is 120 Å². The first-order valence-corrected chi connectivity index (χ1v) is 6.68. The summed E-state index contributed by atoms with van der Waals surface area (Å²) in [4.78, 5) is 47.5. The fraction of sp³-hybridized carbons (Fsp3) is 0.615. The summed E-state index contributed by atoms with van der Waals surface area (Å²) >= 11 is 0. The number of nitrogens with one attached hydrogen (secondary N) is 1. The molecule has 1 fully saturated rings. The lowest BCUT2D eigenvalue weighted by molar-refractivity contribution is -0.312. The molecule has 9 nitrogen and oxygen atoms in total. The zero-order chi connectivity index (χ0) is 16.5. The molecule has 1 saturated heterocycles. The number of nitrogens with zero attached hydrogens (tertiary/aromatic N) is 1. The fourth-order valence-electron chi connectivity index (χ4n) is 2.54. The number of aliphatic hydroxyl groups excluding tert-OH is 1. The van der Waals surface area contributed by atoms with Crippen molar-refractivity contribution < 1.29 is 24.4 Å². The number of H-pyrrole nitrogens is 1. The number of hydrogen-bond acceptors (Lipinski definition) is 7. The van der Waals surface area contributed by atoms with Crippen molar-refractivity contribution in [2.24, 2.45) is 0 Å². The van der Waals surface area contributed by atoms with Gasteiger partial charge in [0.25, 0.3) is 5.56 Å². The molecule has 1 aliphatic heterocycles. The van der Waals surface area contributed by atoms with Crippen molar-refractivity contribution in [3.05, 3.63) is 32.6 Å². The molecule has 0 spiro atoms. The number of aromatic amines is 1. The van der Waals surface area contributed by atoms with Gasteiger partial charge in [0.15, 0.2) is 5.78 Å². The first-order chi connectivity index (χ1) is 10.4. The van der Waals surface area contributed by atoms with Crippen LogP contribution in [-0.4, -0.2) is 46.4 Å². The molecule has 2 N–H and O–H groups in total.